The van der Waals surface area contributed by atoms with E-state index < -0.39 is 0 Å². The van der Waals surface area contributed by atoms with Crippen LogP contribution in [0.15, 0.2) is 6.20 Å². The van der Waals surface area contributed by atoms with E-state index >= 15 is 0 Å². The number of rotatable bonds is 4. The maximum atomic E-state index is 4.73. The summed E-state index contributed by atoms with van der Waals surface area (Å²) in [6.45, 7) is 12.1. The van der Waals surface area contributed by atoms with Crippen LogP contribution in [0.1, 0.15) is 38.1 Å². The molecular formula is C13H24N4. The number of hydrogen-bond donors (Lipinski definition) is 1. The molecule has 4 heteroatoms. The second kappa shape index (κ2) is 5.65. The number of nitrogens with zero attached hydrogens (tertiary/aromatic N) is 3. The van der Waals surface area contributed by atoms with Crippen LogP contribution in [0.4, 0.5) is 0 Å². The third-order valence-corrected chi connectivity index (χ3v) is 3.39. The van der Waals surface area contributed by atoms with Crippen molar-refractivity contribution in [2.45, 2.75) is 39.8 Å². The molecule has 1 saturated heterocycles. The van der Waals surface area contributed by atoms with Gasteiger partial charge in [-0.05, 0) is 25.8 Å². The Morgan fingerprint density at radius 2 is 2.06 bits per heavy atom. The Bertz CT molecular complexity index is 350. The zero-order valence-corrected chi connectivity index (χ0v) is 11.2. The SMILES string of the molecule is CCc1cn(C(C)C)nc1CN1CCNCC1. The fourth-order valence-electron chi connectivity index (χ4n) is 2.24. The van der Waals surface area contributed by atoms with Crippen LogP contribution in [0.2, 0.25) is 0 Å². The van der Waals surface area contributed by atoms with Gasteiger partial charge in [0.25, 0.3) is 0 Å². The Morgan fingerprint density at radius 3 is 2.65 bits per heavy atom. The molecule has 17 heavy (non-hydrogen) atoms. The molecule has 2 heterocycles. The summed E-state index contributed by atoms with van der Waals surface area (Å²) in [6, 6.07) is 0.456. The number of aryl methyl sites for hydroxylation is 1. The van der Waals surface area contributed by atoms with Gasteiger partial charge in [0.2, 0.25) is 0 Å². The van der Waals surface area contributed by atoms with E-state index in [1.807, 2.05) is 0 Å². The monoisotopic (exact) mass is 236 g/mol. The molecule has 1 N–H and O–H groups in total. The van der Waals surface area contributed by atoms with Crippen LogP contribution in [-0.2, 0) is 13.0 Å². The smallest absolute Gasteiger partial charge is 0.0796 e. The van der Waals surface area contributed by atoms with Crippen molar-refractivity contribution in [1.82, 2.24) is 20.0 Å². The maximum Gasteiger partial charge on any atom is 0.0796 e. The topological polar surface area (TPSA) is 33.1 Å². The molecule has 4 nitrogen and oxygen atoms in total. The Labute approximate surface area is 104 Å². The second-order valence-corrected chi connectivity index (χ2v) is 5.05. The predicted octanol–water partition coefficient (Wildman–Crippen LogP) is 1.43. The molecule has 0 radical (unpaired) electrons. The molecule has 1 aliphatic rings. The van der Waals surface area contributed by atoms with E-state index in [0.29, 0.717) is 6.04 Å². The highest BCUT2D eigenvalue weighted by atomic mass is 15.3. The standard InChI is InChI=1S/C13H24N4/c1-4-12-9-17(11(2)3)15-13(12)10-16-7-5-14-6-8-16/h9,11,14H,4-8,10H2,1-3H3. The Balaban J connectivity index is 2.07. The third-order valence-electron chi connectivity index (χ3n) is 3.39. The summed E-state index contributed by atoms with van der Waals surface area (Å²) in [5.74, 6) is 0. The summed E-state index contributed by atoms with van der Waals surface area (Å²) in [4.78, 5) is 2.49. The van der Waals surface area contributed by atoms with Gasteiger partial charge in [-0.25, -0.2) is 0 Å². The molecule has 0 spiro atoms. The summed E-state index contributed by atoms with van der Waals surface area (Å²) in [6.07, 6.45) is 3.29. The summed E-state index contributed by atoms with van der Waals surface area (Å²) in [5.41, 5.74) is 2.67. The van der Waals surface area contributed by atoms with Crippen LogP contribution in [0, 0.1) is 0 Å². The minimum atomic E-state index is 0.456. The van der Waals surface area contributed by atoms with E-state index in [2.05, 4.69) is 41.9 Å². The van der Waals surface area contributed by atoms with Gasteiger partial charge in [0, 0.05) is 45.0 Å². The van der Waals surface area contributed by atoms with Crippen molar-refractivity contribution < 1.29 is 0 Å². The van der Waals surface area contributed by atoms with E-state index in [0.717, 1.165) is 39.1 Å². The van der Waals surface area contributed by atoms with Gasteiger partial charge in [0.05, 0.1) is 5.69 Å². The number of piperazine rings is 1. The first-order valence-electron chi connectivity index (χ1n) is 6.70. The normalized spacial score (nSPS) is 17.9. The molecule has 0 saturated carbocycles. The summed E-state index contributed by atoms with van der Waals surface area (Å²) >= 11 is 0. The van der Waals surface area contributed by atoms with Crippen molar-refractivity contribution in [1.29, 1.82) is 0 Å². The molecule has 1 aromatic heterocycles. The van der Waals surface area contributed by atoms with E-state index in [4.69, 9.17) is 5.10 Å². The lowest BCUT2D eigenvalue weighted by atomic mass is 10.2. The molecule has 96 valence electrons. The highest BCUT2D eigenvalue weighted by Gasteiger charge is 2.15. The quantitative estimate of drug-likeness (QED) is 0.858. The zero-order valence-electron chi connectivity index (χ0n) is 11.2. The van der Waals surface area contributed by atoms with Gasteiger partial charge in [-0.1, -0.05) is 6.92 Å². The minimum Gasteiger partial charge on any atom is -0.314 e. The molecule has 0 unspecified atom stereocenters. The first kappa shape index (κ1) is 12.6. The maximum absolute atomic E-state index is 4.73. The van der Waals surface area contributed by atoms with Crippen LogP contribution in [0.25, 0.3) is 0 Å². The summed E-state index contributed by atoms with van der Waals surface area (Å²) in [5, 5.41) is 8.11. The van der Waals surface area contributed by atoms with E-state index in [1.165, 1.54) is 11.3 Å². The fraction of sp³-hybridized carbons (Fsp3) is 0.769. The Kier molecular flexibility index (Phi) is 4.18. The molecule has 1 aliphatic heterocycles. The van der Waals surface area contributed by atoms with Crippen LogP contribution < -0.4 is 5.32 Å². The molecule has 0 aliphatic carbocycles. The molecule has 1 aromatic rings. The van der Waals surface area contributed by atoms with Gasteiger partial charge in [0.15, 0.2) is 0 Å². The van der Waals surface area contributed by atoms with Crippen molar-refractivity contribution in [2.24, 2.45) is 0 Å². The molecule has 2 rings (SSSR count). The summed E-state index contributed by atoms with van der Waals surface area (Å²) < 4.78 is 2.09. The Hall–Kier alpha value is -0.870. The second-order valence-electron chi connectivity index (χ2n) is 5.05. The van der Waals surface area contributed by atoms with Gasteiger partial charge in [-0.3, -0.25) is 9.58 Å². The molecule has 0 amide bonds. The van der Waals surface area contributed by atoms with Crippen molar-refractivity contribution in [2.75, 3.05) is 26.2 Å². The molecular weight excluding hydrogens is 212 g/mol. The zero-order chi connectivity index (χ0) is 12.3. The lowest BCUT2D eigenvalue weighted by Gasteiger charge is -2.26. The highest BCUT2D eigenvalue weighted by Crippen LogP contribution is 2.14. The Morgan fingerprint density at radius 1 is 1.35 bits per heavy atom. The molecule has 0 aromatic carbocycles. The van der Waals surface area contributed by atoms with Crippen molar-refractivity contribution in [3.63, 3.8) is 0 Å². The van der Waals surface area contributed by atoms with Crippen LogP contribution in [0.3, 0.4) is 0 Å². The van der Waals surface area contributed by atoms with Gasteiger partial charge >= 0.3 is 0 Å². The highest BCUT2D eigenvalue weighted by molar-refractivity contribution is 5.17. The van der Waals surface area contributed by atoms with E-state index in [9.17, 15) is 0 Å². The predicted molar refractivity (Wildman–Crippen MR) is 70.1 cm³/mol. The van der Waals surface area contributed by atoms with Crippen molar-refractivity contribution in [3.05, 3.63) is 17.5 Å². The molecule has 1 fully saturated rings. The van der Waals surface area contributed by atoms with Crippen molar-refractivity contribution >= 4 is 0 Å². The van der Waals surface area contributed by atoms with Gasteiger partial charge in [-0.15, -0.1) is 0 Å². The number of nitrogens with one attached hydrogen (secondary N) is 1. The first-order chi connectivity index (χ1) is 8.20. The minimum absolute atomic E-state index is 0.456. The van der Waals surface area contributed by atoms with Crippen LogP contribution in [0.5, 0.6) is 0 Å². The molecule has 0 bridgehead atoms. The van der Waals surface area contributed by atoms with Crippen molar-refractivity contribution in [3.8, 4) is 0 Å². The number of hydrogen-bond acceptors (Lipinski definition) is 3. The van der Waals surface area contributed by atoms with Gasteiger partial charge in [0.1, 0.15) is 0 Å². The van der Waals surface area contributed by atoms with E-state index in [1.54, 1.807) is 0 Å². The lowest BCUT2D eigenvalue weighted by molar-refractivity contribution is 0.229. The largest absolute Gasteiger partial charge is 0.314 e. The fourth-order valence-corrected chi connectivity index (χ4v) is 2.24. The van der Waals surface area contributed by atoms with Gasteiger partial charge < -0.3 is 5.32 Å². The third kappa shape index (κ3) is 3.07. The average molecular weight is 236 g/mol. The molecule has 0 atom stereocenters. The van der Waals surface area contributed by atoms with Gasteiger partial charge in [-0.2, -0.15) is 5.10 Å². The van der Waals surface area contributed by atoms with Crippen LogP contribution in [-0.4, -0.2) is 40.9 Å². The lowest BCUT2D eigenvalue weighted by Crippen LogP contribution is -2.43. The first-order valence-corrected chi connectivity index (χ1v) is 6.70. The average Bonchev–Trinajstić information content (AvgIpc) is 2.74. The summed E-state index contributed by atoms with van der Waals surface area (Å²) in [7, 11) is 0. The van der Waals surface area contributed by atoms with Crippen LogP contribution >= 0.6 is 0 Å². The number of aromatic nitrogens is 2. The van der Waals surface area contributed by atoms with E-state index in [-0.39, 0.29) is 0 Å².